The number of nitrogens with zero attached hydrogens (tertiary/aromatic N) is 2. The van der Waals surface area contributed by atoms with Crippen molar-refractivity contribution in [3.05, 3.63) is 0 Å². The second kappa shape index (κ2) is 10.8. The van der Waals surface area contributed by atoms with E-state index in [4.69, 9.17) is 0 Å². The van der Waals surface area contributed by atoms with Crippen LogP contribution in [0.1, 0.15) is 40.0 Å². The van der Waals surface area contributed by atoms with Gasteiger partial charge < -0.3 is 9.64 Å². The summed E-state index contributed by atoms with van der Waals surface area (Å²) in [4.78, 5) is 27.2. The van der Waals surface area contributed by atoms with Gasteiger partial charge in [-0.1, -0.05) is 20.8 Å². The largest absolute Gasteiger partial charge is 0.468 e. The molecule has 0 saturated carbocycles. The first kappa shape index (κ1) is 17.9. The third-order valence-electron chi connectivity index (χ3n) is 2.82. The number of carbonyl (C=O) groups is 2. The third kappa shape index (κ3) is 7.82. The highest BCUT2D eigenvalue weighted by atomic mass is 16.5. The van der Waals surface area contributed by atoms with Gasteiger partial charge in [0.25, 0.3) is 0 Å². The highest BCUT2D eigenvalue weighted by Gasteiger charge is 2.18. The van der Waals surface area contributed by atoms with E-state index in [1.807, 2.05) is 16.7 Å². The minimum Gasteiger partial charge on any atom is -0.468 e. The van der Waals surface area contributed by atoms with E-state index in [1.165, 1.54) is 7.11 Å². The normalized spacial score (nSPS) is 10.6. The van der Waals surface area contributed by atoms with Crippen LogP contribution in [0.3, 0.4) is 0 Å². The molecule has 0 saturated heterocycles. The summed E-state index contributed by atoms with van der Waals surface area (Å²) in [5, 5.41) is 0. The summed E-state index contributed by atoms with van der Waals surface area (Å²) in [5.41, 5.74) is 0. The average molecular weight is 272 g/mol. The molecule has 0 radical (unpaired) electrons. The van der Waals surface area contributed by atoms with Crippen molar-refractivity contribution in [2.24, 2.45) is 0 Å². The first-order valence-electron chi connectivity index (χ1n) is 7.15. The van der Waals surface area contributed by atoms with Gasteiger partial charge in [0.2, 0.25) is 5.91 Å². The van der Waals surface area contributed by atoms with E-state index in [1.54, 1.807) is 0 Å². The molecule has 19 heavy (non-hydrogen) atoms. The van der Waals surface area contributed by atoms with Crippen LogP contribution in [0.25, 0.3) is 0 Å². The zero-order chi connectivity index (χ0) is 14.7. The summed E-state index contributed by atoms with van der Waals surface area (Å²) < 4.78 is 4.66. The van der Waals surface area contributed by atoms with Crippen LogP contribution in [0.15, 0.2) is 0 Å². The van der Waals surface area contributed by atoms with Gasteiger partial charge in [-0.05, 0) is 25.8 Å². The molecular weight excluding hydrogens is 244 g/mol. The van der Waals surface area contributed by atoms with E-state index in [-0.39, 0.29) is 18.4 Å². The van der Waals surface area contributed by atoms with Gasteiger partial charge in [-0.25, -0.2) is 0 Å². The van der Waals surface area contributed by atoms with Gasteiger partial charge in [-0.15, -0.1) is 0 Å². The second-order valence-electron chi connectivity index (χ2n) is 4.67. The molecule has 112 valence electrons. The number of ether oxygens (including phenoxy) is 1. The van der Waals surface area contributed by atoms with Crippen molar-refractivity contribution < 1.29 is 14.3 Å². The molecular formula is C14H28N2O3. The van der Waals surface area contributed by atoms with Gasteiger partial charge in [0.1, 0.15) is 0 Å². The molecule has 0 aliphatic carbocycles. The first-order valence-corrected chi connectivity index (χ1v) is 7.15. The van der Waals surface area contributed by atoms with Crippen molar-refractivity contribution in [3.63, 3.8) is 0 Å². The van der Waals surface area contributed by atoms with Gasteiger partial charge in [0, 0.05) is 13.1 Å². The lowest BCUT2D eigenvalue weighted by Gasteiger charge is -2.26. The predicted molar refractivity (Wildman–Crippen MR) is 75.9 cm³/mol. The van der Waals surface area contributed by atoms with Gasteiger partial charge in [0.15, 0.2) is 0 Å². The van der Waals surface area contributed by atoms with Crippen LogP contribution >= 0.6 is 0 Å². The summed E-state index contributed by atoms with van der Waals surface area (Å²) in [7, 11) is 1.37. The van der Waals surface area contributed by atoms with Crippen LogP contribution < -0.4 is 0 Å². The Morgan fingerprint density at radius 3 is 1.84 bits per heavy atom. The number of esters is 1. The Morgan fingerprint density at radius 1 is 0.895 bits per heavy atom. The van der Waals surface area contributed by atoms with Crippen molar-refractivity contribution in [2.45, 2.75) is 40.0 Å². The molecule has 0 aliphatic heterocycles. The van der Waals surface area contributed by atoms with Gasteiger partial charge in [0.05, 0.1) is 20.2 Å². The topological polar surface area (TPSA) is 49.9 Å². The van der Waals surface area contributed by atoms with E-state index < -0.39 is 0 Å². The third-order valence-corrected chi connectivity index (χ3v) is 2.82. The van der Waals surface area contributed by atoms with Crippen LogP contribution in [0.5, 0.6) is 0 Å². The van der Waals surface area contributed by atoms with Crippen LogP contribution in [0.4, 0.5) is 0 Å². The molecule has 0 unspecified atom stereocenters. The van der Waals surface area contributed by atoms with Crippen LogP contribution in [-0.2, 0) is 14.3 Å². The SMILES string of the molecule is CCCN(CC(=O)OC)CC(=O)N(CCC)CCC. The molecule has 0 rings (SSSR count). The van der Waals surface area contributed by atoms with Gasteiger partial charge in [-0.3, -0.25) is 14.5 Å². The van der Waals surface area contributed by atoms with Gasteiger partial charge >= 0.3 is 5.97 Å². The number of hydrogen-bond donors (Lipinski definition) is 0. The van der Waals surface area contributed by atoms with Crippen molar-refractivity contribution in [1.29, 1.82) is 0 Å². The minimum atomic E-state index is -0.293. The molecule has 5 heteroatoms. The van der Waals surface area contributed by atoms with E-state index in [0.717, 1.165) is 38.9 Å². The summed E-state index contributed by atoms with van der Waals surface area (Å²) in [5.74, 6) is -0.195. The molecule has 0 aliphatic rings. The quantitative estimate of drug-likeness (QED) is 0.566. The standard InChI is InChI=1S/C14H28N2O3/c1-5-8-15(12-14(18)19-4)11-13(17)16(9-6-2)10-7-3/h5-12H2,1-4H3. The Labute approximate surface area is 116 Å². The molecule has 0 bridgehead atoms. The Morgan fingerprint density at radius 2 is 1.42 bits per heavy atom. The summed E-state index contributed by atoms with van der Waals surface area (Å²) >= 11 is 0. The molecule has 0 aromatic heterocycles. The fraction of sp³-hybridized carbons (Fsp3) is 0.857. The van der Waals surface area contributed by atoms with Crippen molar-refractivity contribution in [3.8, 4) is 0 Å². The molecule has 5 nitrogen and oxygen atoms in total. The summed E-state index contributed by atoms with van der Waals surface area (Å²) in [6.45, 7) is 8.93. The van der Waals surface area contributed by atoms with E-state index >= 15 is 0 Å². The molecule has 0 N–H and O–H groups in total. The number of carbonyl (C=O) groups excluding carboxylic acids is 2. The number of hydrogen-bond acceptors (Lipinski definition) is 4. The lowest BCUT2D eigenvalue weighted by atomic mass is 10.3. The highest BCUT2D eigenvalue weighted by molar-refractivity contribution is 5.79. The monoisotopic (exact) mass is 272 g/mol. The maximum atomic E-state index is 12.2. The van der Waals surface area contributed by atoms with Gasteiger partial charge in [-0.2, -0.15) is 0 Å². The van der Waals surface area contributed by atoms with E-state index in [9.17, 15) is 9.59 Å². The summed E-state index contributed by atoms with van der Waals surface area (Å²) in [6.07, 6.45) is 2.82. The number of amides is 1. The highest BCUT2D eigenvalue weighted by Crippen LogP contribution is 2.00. The molecule has 0 aromatic carbocycles. The molecule has 0 fully saturated rings. The average Bonchev–Trinajstić information content (AvgIpc) is 2.38. The molecule has 1 amide bonds. The van der Waals surface area contributed by atoms with Crippen molar-refractivity contribution >= 4 is 11.9 Å². The predicted octanol–water partition coefficient (Wildman–Crippen LogP) is 1.52. The Hall–Kier alpha value is -1.10. The maximum Gasteiger partial charge on any atom is 0.319 e. The van der Waals surface area contributed by atoms with Crippen molar-refractivity contribution in [2.75, 3.05) is 39.8 Å². The number of methoxy groups -OCH3 is 1. The number of rotatable bonds is 10. The Kier molecular flexibility index (Phi) is 10.2. The first-order chi connectivity index (χ1) is 9.08. The second-order valence-corrected chi connectivity index (χ2v) is 4.67. The Balaban J connectivity index is 4.44. The molecule has 0 heterocycles. The maximum absolute atomic E-state index is 12.2. The fourth-order valence-electron chi connectivity index (χ4n) is 1.97. The van der Waals surface area contributed by atoms with Crippen LogP contribution in [-0.4, -0.2) is 61.5 Å². The fourth-order valence-corrected chi connectivity index (χ4v) is 1.97. The zero-order valence-electron chi connectivity index (χ0n) is 12.8. The lowest BCUT2D eigenvalue weighted by Crippen LogP contribution is -2.43. The molecule has 0 spiro atoms. The van der Waals surface area contributed by atoms with E-state index in [2.05, 4.69) is 18.6 Å². The molecule has 0 atom stereocenters. The van der Waals surface area contributed by atoms with E-state index in [0.29, 0.717) is 6.54 Å². The molecule has 0 aromatic rings. The smallest absolute Gasteiger partial charge is 0.319 e. The lowest BCUT2D eigenvalue weighted by molar-refractivity contribution is -0.143. The van der Waals surface area contributed by atoms with Crippen molar-refractivity contribution in [1.82, 2.24) is 9.80 Å². The summed E-state index contributed by atoms with van der Waals surface area (Å²) in [6, 6.07) is 0. The Bertz CT molecular complexity index is 263. The zero-order valence-corrected chi connectivity index (χ0v) is 12.8. The minimum absolute atomic E-state index is 0.0982. The van der Waals surface area contributed by atoms with Crippen LogP contribution in [0, 0.1) is 0 Å². The van der Waals surface area contributed by atoms with Crippen LogP contribution in [0.2, 0.25) is 0 Å².